The quantitative estimate of drug-likeness (QED) is 0.599. The standard InChI is InChI=1S/C22H25N3O3S/c1-15-5-7-19(8-6-15)20-9-10-22(25-24-20)28-12-11-23-29(26,27)21-14-17(3)16(2)13-18(21)4/h5-10,13-14,23H,11-12H2,1-4H3. The van der Waals surface area contributed by atoms with E-state index in [1.165, 1.54) is 5.56 Å². The van der Waals surface area contributed by atoms with Gasteiger partial charge in [0.15, 0.2) is 0 Å². The van der Waals surface area contributed by atoms with Gasteiger partial charge in [-0.05, 0) is 56.5 Å². The SMILES string of the molecule is Cc1ccc(-c2ccc(OCCNS(=O)(=O)c3cc(C)c(C)cc3C)nn2)cc1. The minimum absolute atomic E-state index is 0.135. The molecule has 3 aromatic rings. The maximum Gasteiger partial charge on any atom is 0.240 e. The molecule has 0 saturated carbocycles. The molecule has 0 unspecified atom stereocenters. The second kappa shape index (κ2) is 8.71. The Morgan fingerprint density at radius 1 is 0.862 bits per heavy atom. The summed E-state index contributed by atoms with van der Waals surface area (Å²) in [5.74, 6) is 0.349. The van der Waals surface area contributed by atoms with Crippen molar-refractivity contribution in [3.8, 4) is 17.1 Å². The van der Waals surface area contributed by atoms with Crippen LogP contribution in [0.5, 0.6) is 5.88 Å². The molecule has 0 aliphatic rings. The van der Waals surface area contributed by atoms with Crippen LogP contribution in [0.4, 0.5) is 0 Å². The van der Waals surface area contributed by atoms with Gasteiger partial charge >= 0.3 is 0 Å². The number of aryl methyl sites for hydroxylation is 4. The van der Waals surface area contributed by atoms with Gasteiger partial charge in [-0.1, -0.05) is 35.9 Å². The molecule has 3 rings (SSSR count). The zero-order chi connectivity index (χ0) is 21.0. The fourth-order valence-electron chi connectivity index (χ4n) is 2.91. The summed E-state index contributed by atoms with van der Waals surface area (Å²) >= 11 is 0. The van der Waals surface area contributed by atoms with Gasteiger partial charge in [-0.3, -0.25) is 0 Å². The molecular weight excluding hydrogens is 386 g/mol. The second-order valence-electron chi connectivity index (χ2n) is 7.07. The number of hydrogen-bond acceptors (Lipinski definition) is 5. The Bertz CT molecular complexity index is 1090. The molecule has 2 aromatic carbocycles. The number of rotatable bonds is 7. The number of nitrogens with zero attached hydrogens (tertiary/aromatic N) is 2. The lowest BCUT2D eigenvalue weighted by Crippen LogP contribution is -2.29. The molecule has 0 aliphatic heterocycles. The second-order valence-corrected chi connectivity index (χ2v) is 8.81. The number of sulfonamides is 1. The number of nitrogens with one attached hydrogen (secondary N) is 1. The predicted molar refractivity (Wildman–Crippen MR) is 114 cm³/mol. The van der Waals surface area contributed by atoms with Crippen molar-refractivity contribution in [2.45, 2.75) is 32.6 Å². The number of hydrogen-bond donors (Lipinski definition) is 1. The van der Waals surface area contributed by atoms with Crippen LogP contribution >= 0.6 is 0 Å². The van der Waals surface area contributed by atoms with Crippen LogP contribution in [0.3, 0.4) is 0 Å². The first-order valence-corrected chi connectivity index (χ1v) is 10.9. The van der Waals surface area contributed by atoms with Gasteiger partial charge in [-0.25, -0.2) is 13.1 Å². The molecule has 29 heavy (non-hydrogen) atoms. The maximum absolute atomic E-state index is 12.6. The molecule has 0 amide bonds. The summed E-state index contributed by atoms with van der Waals surface area (Å²) in [7, 11) is -3.60. The molecule has 1 aromatic heterocycles. The predicted octanol–water partition coefficient (Wildman–Crippen LogP) is 3.73. The van der Waals surface area contributed by atoms with Crippen molar-refractivity contribution in [1.29, 1.82) is 0 Å². The Morgan fingerprint density at radius 3 is 2.21 bits per heavy atom. The van der Waals surface area contributed by atoms with E-state index in [0.29, 0.717) is 10.8 Å². The van der Waals surface area contributed by atoms with Crippen LogP contribution in [0, 0.1) is 27.7 Å². The first kappa shape index (κ1) is 21.0. The number of benzene rings is 2. The van der Waals surface area contributed by atoms with Crippen molar-refractivity contribution in [2.75, 3.05) is 13.2 Å². The fourth-order valence-corrected chi connectivity index (χ4v) is 4.23. The highest BCUT2D eigenvalue weighted by Crippen LogP contribution is 2.20. The molecule has 0 atom stereocenters. The topological polar surface area (TPSA) is 81.2 Å². The third kappa shape index (κ3) is 5.19. The van der Waals surface area contributed by atoms with E-state index in [1.807, 2.05) is 57.2 Å². The molecule has 0 fully saturated rings. The van der Waals surface area contributed by atoms with Crippen molar-refractivity contribution in [2.24, 2.45) is 0 Å². The minimum Gasteiger partial charge on any atom is -0.475 e. The van der Waals surface area contributed by atoms with Crippen LogP contribution in [-0.2, 0) is 10.0 Å². The highest BCUT2D eigenvalue weighted by molar-refractivity contribution is 7.89. The van der Waals surface area contributed by atoms with Gasteiger partial charge < -0.3 is 4.74 Å². The Balaban J connectivity index is 1.56. The van der Waals surface area contributed by atoms with E-state index in [4.69, 9.17) is 4.74 Å². The van der Waals surface area contributed by atoms with Gasteiger partial charge in [-0.15, -0.1) is 10.2 Å². The molecule has 0 spiro atoms. The third-order valence-electron chi connectivity index (χ3n) is 4.71. The Morgan fingerprint density at radius 2 is 1.55 bits per heavy atom. The molecule has 0 aliphatic carbocycles. The molecule has 0 bridgehead atoms. The van der Waals surface area contributed by atoms with Crippen molar-refractivity contribution >= 4 is 10.0 Å². The van der Waals surface area contributed by atoms with E-state index < -0.39 is 10.0 Å². The number of ether oxygens (including phenoxy) is 1. The molecule has 1 heterocycles. The van der Waals surface area contributed by atoms with Crippen molar-refractivity contribution in [1.82, 2.24) is 14.9 Å². The summed E-state index contributed by atoms with van der Waals surface area (Å²) in [6, 6.07) is 15.1. The molecular formula is C22H25N3O3S. The van der Waals surface area contributed by atoms with Gasteiger partial charge in [0.05, 0.1) is 10.6 Å². The summed E-state index contributed by atoms with van der Waals surface area (Å²) in [6.45, 7) is 7.98. The van der Waals surface area contributed by atoms with Gasteiger partial charge in [-0.2, -0.15) is 0 Å². The number of aromatic nitrogens is 2. The lowest BCUT2D eigenvalue weighted by atomic mass is 10.1. The maximum atomic E-state index is 12.6. The average molecular weight is 412 g/mol. The van der Waals surface area contributed by atoms with E-state index >= 15 is 0 Å². The van der Waals surface area contributed by atoms with E-state index in [0.717, 1.165) is 27.9 Å². The highest BCUT2D eigenvalue weighted by atomic mass is 32.2. The van der Waals surface area contributed by atoms with Crippen LogP contribution < -0.4 is 9.46 Å². The molecule has 7 heteroatoms. The minimum atomic E-state index is -3.60. The zero-order valence-electron chi connectivity index (χ0n) is 17.1. The lowest BCUT2D eigenvalue weighted by molar-refractivity contribution is 0.307. The van der Waals surface area contributed by atoms with Gasteiger partial charge in [0.25, 0.3) is 0 Å². The van der Waals surface area contributed by atoms with E-state index in [-0.39, 0.29) is 13.2 Å². The Kier molecular flexibility index (Phi) is 6.30. The first-order chi connectivity index (χ1) is 13.8. The Hall–Kier alpha value is -2.77. The Labute approximate surface area is 172 Å². The average Bonchev–Trinajstić information content (AvgIpc) is 2.69. The molecule has 0 radical (unpaired) electrons. The molecule has 152 valence electrons. The van der Waals surface area contributed by atoms with E-state index in [9.17, 15) is 8.42 Å². The largest absolute Gasteiger partial charge is 0.475 e. The summed E-state index contributed by atoms with van der Waals surface area (Å²) < 4.78 is 33.2. The fraction of sp³-hybridized carbons (Fsp3) is 0.273. The van der Waals surface area contributed by atoms with Crippen LogP contribution in [0.1, 0.15) is 22.3 Å². The smallest absolute Gasteiger partial charge is 0.240 e. The van der Waals surface area contributed by atoms with Gasteiger partial charge in [0.2, 0.25) is 15.9 Å². The summed E-state index contributed by atoms with van der Waals surface area (Å²) in [5, 5.41) is 8.23. The van der Waals surface area contributed by atoms with Gasteiger partial charge in [0, 0.05) is 18.2 Å². The van der Waals surface area contributed by atoms with Gasteiger partial charge in [0.1, 0.15) is 6.61 Å². The van der Waals surface area contributed by atoms with E-state index in [1.54, 1.807) is 19.1 Å². The normalized spacial score (nSPS) is 11.4. The van der Waals surface area contributed by atoms with Crippen LogP contribution in [0.2, 0.25) is 0 Å². The van der Waals surface area contributed by atoms with Crippen molar-refractivity contribution < 1.29 is 13.2 Å². The monoisotopic (exact) mass is 411 g/mol. The van der Waals surface area contributed by atoms with Crippen molar-refractivity contribution in [3.63, 3.8) is 0 Å². The van der Waals surface area contributed by atoms with Crippen LogP contribution in [-0.4, -0.2) is 31.8 Å². The van der Waals surface area contributed by atoms with Crippen LogP contribution in [0.25, 0.3) is 11.3 Å². The van der Waals surface area contributed by atoms with Crippen LogP contribution in [0.15, 0.2) is 53.4 Å². The molecule has 6 nitrogen and oxygen atoms in total. The highest BCUT2D eigenvalue weighted by Gasteiger charge is 2.17. The molecule has 1 N–H and O–H groups in total. The van der Waals surface area contributed by atoms with Crippen molar-refractivity contribution in [3.05, 3.63) is 70.8 Å². The summed E-state index contributed by atoms with van der Waals surface area (Å²) in [5.41, 5.74) is 5.64. The van der Waals surface area contributed by atoms with E-state index in [2.05, 4.69) is 14.9 Å². The zero-order valence-corrected chi connectivity index (χ0v) is 17.9. The summed E-state index contributed by atoms with van der Waals surface area (Å²) in [4.78, 5) is 0.294. The third-order valence-corrected chi connectivity index (χ3v) is 6.32. The molecule has 0 saturated heterocycles. The summed E-state index contributed by atoms with van der Waals surface area (Å²) in [6.07, 6.45) is 0. The lowest BCUT2D eigenvalue weighted by Gasteiger charge is -2.12. The first-order valence-electron chi connectivity index (χ1n) is 9.37.